The van der Waals surface area contributed by atoms with Crippen molar-refractivity contribution in [2.24, 2.45) is 0 Å². The summed E-state index contributed by atoms with van der Waals surface area (Å²) in [6, 6.07) is 11.8. The summed E-state index contributed by atoms with van der Waals surface area (Å²) in [4.78, 5) is 0. The standard InChI is InChI=1S/C19H23Cl2NO2/c1-3-23-18-12-15(11-17(21)19(18)24-4-2)13-22-10-9-14-5-7-16(20)8-6-14/h5-8,11-12,22H,3-4,9-10,13H2,1-2H3. The second-order valence-electron chi connectivity index (χ2n) is 5.32. The van der Waals surface area contributed by atoms with Gasteiger partial charge < -0.3 is 14.8 Å². The molecule has 0 aromatic heterocycles. The first kappa shape index (κ1) is 18.9. The summed E-state index contributed by atoms with van der Waals surface area (Å²) < 4.78 is 11.2. The second kappa shape index (κ2) is 9.77. The van der Waals surface area contributed by atoms with Crippen LogP contribution in [0.2, 0.25) is 10.0 Å². The molecular formula is C19H23Cl2NO2. The van der Waals surface area contributed by atoms with Crippen LogP contribution in [0.4, 0.5) is 0 Å². The van der Waals surface area contributed by atoms with E-state index in [1.165, 1.54) is 5.56 Å². The first-order valence-corrected chi connectivity index (χ1v) is 8.92. The minimum atomic E-state index is 0.554. The number of benzene rings is 2. The zero-order valence-electron chi connectivity index (χ0n) is 14.1. The molecule has 0 saturated heterocycles. The van der Waals surface area contributed by atoms with Gasteiger partial charge >= 0.3 is 0 Å². The molecule has 5 heteroatoms. The smallest absolute Gasteiger partial charge is 0.179 e. The lowest BCUT2D eigenvalue weighted by molar-refractivity contribution is 0.287. The van der Waals surface area contributed by atoms with Gasteiger partial charge in [-0.1, -0.05) is 35.3 Å². The van der Waals surface area contributed by atoms with Crippen molar-refractivity contribution in [2.75, 3.05) is 19.8 Å². The number of rotatable bonds is 9. The van der Waals surface area contributed by atoms with Crippen molar-refractivity contribution in [3.8, 4) is 11.5 Å². The largest absolute Gasteiger partial charge is 0.490 e. The van der Waals surface area contributed by atoms with E-state index in [4.69, 9.17) is 32.7 Å². The van der Waals surface area contributed by atoms with Crippen molar-refractivity contribution >= 4 is 23.2 Å². The highest BCUT2D eigenvalue weighted by atomic mass is 35.5. The molecule has 0 saturated carbocycles. The average molecular weight is 368 g/mol. The van der Waals surface area contributed by atoms with Crippen LogP contribution in [0.5, 0.6) is 11.5 Å². The van der Waals surface area contributed by atoms with E-state index >= 15 is 0 Å². The lowest BCUT2D eigenvalue weighted by Gasteiger charge is -2.14. The molecule has 0 fully saturated rings. The molecule has 0 heterocycles. The topological polar surface area (TPSA) is 30.5 Å². The molecule has 2 aromatic rings. The number of halogens is 2. The zero-order valence-corrected chi connectivity index (χ0v) is 15.6. The van der Waals surface area contributed by atoms with E-state index in [-0.39, 0.29) is 0 Å². The van der Waals surface area contributed by atoms with Gasteiger partial charge in [-0.3, -0.25) is 0 Å². The molecule has 2 rings (SSSR count). The molecule has 0 aliphatic carbocycles. The fraction of sp³-hybridized carbons (Fsp3) is 0.368. The molecule has 3 nitrogen and oxygen atoms in total. The maximum Gasteiger partial charge on any atom is 0.179 e. The lowest BCUT2D eigenvalue weighted by Crippen LogP contribution is -2.16. The Morgan fingerprint density at radius 1 is 0.917 bits per heavy atom. The minimum absolute atomic E-state index is 0.554. The number of hydrogen-bond donors (Lipinski definition) is 1. The molecule has 0 bridgehead atoms. The molecule has 0 unspecified atom stereocenters. The molecule has 130 valence electrons. The van der Waals surface area contributed by atoms with Crippen molar-refractivity contribution < 1.29 is 9.47 Å². The summed E-state index contributed by atoms with van der Waals surface area (Å²) in [5.41, 5.74) is 2.33. The van der Waals surface area contributed by atoms with Gasteiger partial charge in [-0.2, -0.15) is 0 Å². The Bertz CT molecular complexity index is 645. The van der Waals surface area contributed by atoms with Gasteiger partial charge in [0.05, 0.1) is 18.2 Å². The predicted molar refractivity (Wildman–Crippen MR) is 101 cm³/mol. The Balaban J connectivity index is 1.93. The normalized spacial score (nSPS) is 10.7. The van der Waals surface area contributed by atoms with Crippen LogP contribution in [-0.4, -0.2) is 19.8 Å². The van der Waals surface area contributed by atoms with E-state index in [0.29, 0.717) is 29.7 Å². The van der Waals surface area contributed by atoms with Crippen LogP contribution in [0.15, 0.2) is 36.4 Å². The third-order valence-corrected chi connectivity index (χ3v) is 4.02. The number of hydrogen-bond acceptors (Lipinski definition) is 3. The molecule has 0 amide bonds. The van der Waals surface area contributed by atoms with E-state index < -0.39 is 0 Å². The van der Waals surface area contributed by atoms with Gasteiger partial charge in [0.1, 0.15) is 0 Å². The van der Waals surface area contributed by atoms with E-state index in [2.05, 4.69) is 5.32 Å². The van der Waals surface area contributed by atoms with E-state index in [1.54, 1.807) is 0 Å². The molecule has 0 aliphatic heterocycles. The van der Waals surface area contributed by atoms with Crippen LogP contribution >= 0.6 is 23.2 Å². The van der Waals surface area contributed by atoms with E-state index in [0.717, 1.165) is 30.1 Å². The Hall–Kier alpha value is -1.42. The third kappa shape index (κ3) is 5.59. The van der Waals surface area contributed by atoms with Crippen LogP contribution < -0.4 is 14.8 Å². The second-order valence-corrected chi connectivity index (χ2v) is 6.17. The SMILES string of the molecule is CCOc1cc(CNCCc2ccc(Cl)cc2)cc(Cl)c1OCC. The van der Waals surface area contributed by atoms with E-state index in [9.17, 15) is 0 Å². The quantitative estimate of drug-likeness (QED) is 0.623. The Labute approximate surface area is 153 Å². The Morgan fingerprint density at radius 3 is 2.29 bits per heavy atom. The van der Waals surface area contributed by atoms with Gasteiger partial charge in [0, 0.05) is 11.6 Å². The van der Waals surface area contributed by atoms with Gasteiger partial charge in [0.25, 0.3) is 0 Å². The first-order valence-electron chi connectivity index (χ1n) is 8.17. The van der Waals surface area contributed by atoms with Crippen molar-refractivity contribution in [1.29, 1.82) is 0 Å². The lowest BCUT2D eigenvalue weighted by atomic mass is 10.1. The Kier molecular flexibility index (Phi) is 7.70. The van der Waals surface area contributed by atoms with Gasteiger partial charge in [0.15, 0.2) is 11.5 Å². The van der Waals surface area contributed by atoms with Crippen molar-refractivity contribution in [3.63, 3.8) is 0 Å². The monoisotopic (exact) mass is 367 g/mol. The zero-order chi connectivity index (χ0) is 17.4. The Morgan fingerprint density at radius 2 is 1.62 bits per heavy atom. The summed E-state index contributed by atoms with van der Waals surface area (Å²) >= 11 is 12.2. The maximum atomic E-state index is 6.33. The molecular weight excluding hydrogens is 345 g/mol. The summed E-state index contributed by atoms with van der Waals surface area (Å²) in [5, 5.41) is 4.77. The van der Waals surface area contributed by atoms with Gasteiger partial charge in [-0.15, -0.1) is 0 Å². The highest BCUT2D eigenvalue weighted by molar-refractivity contribution is 6.32. The molecule has 24 heavy (non-hydrogen) atoms. The van der Waals surface area contributed by atoms with Gasteiger partial charge in [-0.25, -0.2) is 0 Å². The summed E-state index contributed by atoms with van der Waals surface area (Å²) in [6.45, 7) is 6.59. The predicted octanol–water partition coefficient (Wildman–Crippen LogP) is 5.12. The van der Waals surface area contributed by atoms with Gasteiger partial charge in [0.2, 0.25) is 0 Å². The van der Waals surface area contributed by atoms with Crippen molar-refractivity contribution in [1.82, 2.24) is 5.32 Å². The van der Waals surface area contributed by atoms with E-state index in [1.807, 2.05) is 50.2 Å². The summed E-state index contributed by atoms with van der Waals surface area (Å²) in [7, 11) is 0. The van der Waals surface area contributed by atoms with Crippen LogP contribution in [0.25, 0.3) is 0 Å². The molecule has 1 N–H and O–H groups in total. The van der Waals surface area contributed by atoms with Crippen molar-refractivity contribution in [3.05, 3.63) is 57.6 Å². The van der Waals surface area contributed by atoms with Crippen molar-refractivity contribution in [2.45, 2.75) is 26.8 Å². The number of ether oxygens (including phenoxy) is 2. The maximum absolute atomic E-state index is 6.33. The summed E-state index contributed by atoms with van der Waals surface area (Å²) in [6.07, 6.45) is 0.945. The highest BCUT2D eigenvalue weighted by Crippen LogP contribution is 2.36. The molecule has 2 aromatic carbocycles. The minimum Gasteiger partial charge on any atom is -0.490 e. The molecule has 0 spiro atoms. The number of nitrogens with one attached hydrogen (secondary N) is 1. The molecule has 0 atom stereocenters. The van der Waals surface area contributed by atoms with Crippen LogP contribution in [0.1, 0.15) is 25.0 Å². The first-order chi connectivity index (χ1) is 11.6. The molecule has 0 radical (unpaired) electrons. The third-order valence-electron chi connectivity index (χ3n) is 3.49. The van der Waals surface area contributed by atoms with Crippen LogP contribution in [0.3, 0.4) is 0 Å². The average Bonchev–Trinajstić information content (AvgIpc) is 2.57. The summed E-state index contributed by atoms with van der Waals surface area (Å²) in [5.74, 6) is 1.31. The van der Waals surface area contributed by atoms with Crippen LogP contribution in [-0.2, 0) is 13.0 Å². The molecule has 0 aliphatic rings. The van der Waals surface area contributed by atoms with Gasteiger partial charge in [-0.05, 0) is 62.2 Å². The van der Waals surface area contributed by atoms with Crippen LogP contribution in [0, 0.1) is 0 Å². The fourth-order valence-corrected chi connectivity index (χ4v) is 2.80. The highest BCUT2D eigenvalue weighted by Gasteiger charge is 2.12. The fourth-order valence-electron chi connectivity index (χ4n) is 2.39.